The number of rotatable bonds is 5. The number of hydrogen-bond acceptors (Lipinski definition) is 4. The van der Waals surface area contributed by atoms with Gasteiger partial charge in [0.15, 0.2) is 0 Å². The molecule has 0 heterocycles. The summed E-state index contributed by atoms with van der Waals surface area (Å²) in [6, 6.07) is -1.93. The van der Waals surface area contributed by atoms with Gasteiger partial charge < -0.3 is 21.2 Å². The van der Waals surface area contributed by atoms with Crippen molar-refractivity contribution < 1.29 is 14.4 Å². The van der Waals surface area contributed by atoms with Crippen LogP contribution in [0.3, 0.4) is 0 Å². The Morgan fingerprint density at radius 3 is 2.07 bits per heavy atom. The van der Waals surface area contributed by atoms with Gasteiger partial charge in [0.05, 0.1) is 12.1 Å². The van der Waals surface area contributed by atoms with Gasteiger partial charge in [-0.05, 0) is 20.8 Å². The number of amides is 2. The molecule has 0 aliphatic rings. The third-order valence-electron chi connectivity index (χ3n) is 1.74. The summed E-state index contributed by atoms with van der Waals surface area (Å²) >= 11 is 0. The highest BCUT2D eigenvalue weighted by atomic mass is 16.2. The van der Waals surface area contributed by atoms with Crippen LogP contribution >= 0.6 is 0 Å². The molecule has 0 aromatic carbocycles. The van der Waals surface area contributed by atoms with Crippen molar-refractivity contribution in [2.24, 2.45) is 5.73 Å². The number of hydrogen-bond donors (Lipinski definition) is 3. The Morgan fingerprint density at radius 1 is 1.13 bits per heavy atom. The first kappa shape index (κ1) is 13.6. The maximum atomic E-state index is 11.3. The van der Waals surface area contributed by atoms with Gasteiger partial charge in [0.2, 0.25) is 11.8 Å². The third kappa shape index (κ3) is 5.11. The van der Waals surface area contributed by atoms with Crippen molar-refractivity contribution in [3.05, 3.63) is 0 Å². The molecular weight excluding hydrogens is 198 g/mol. The molecular formula is C9H17N3O3. The lowest BCUT2D eigenvalue weighted by Gasteiger charge is -2.16. The van der Waals surface area contributed by atoms with Crippen LogP contribution in [0.5, 0.6) is 0 Å². The van der Waals surface area contributed by atoms with Crippen LogP contribution in [0, 0.1) is 0 Å². The Labute approximate surface area is 88.6 Å². The number of aldehydes is 1. The zero-order valence-electron chi connectivity index (χ0n) is 9.11. The second kappa shape index (κ2) is 6.13. The van der Waals surface area contributed by atoms with Gasteiger partial charge in [0.1, 0.15) is 12.3 Å². The molecule has 0 aliphatic carbocycles. The summed E-state index contributed by atoms with van der Waals surface area (Å²) in [6.07, 6.45) is 0.609. The maximum Gasteiger partial charge on any atom is 0.242 e. The lowest BCUT2D eigenvalue weighted by Crippen LogP contribution is -2.51. The van der Waals surface area contributed by atoms with Crippen LogP contribution in [0.25, 0.3) is 0 Å². The topological polar surface area (TPSA) is 101 Å². The molecule has 3 atom stereocenters. The molecule has 15 heavy (non-hydrogen) atoms. The van der Waals surface area contributed by atoms with E-state index in [1.54, 1.807) is 6.92 Å². The molecule has 0 radical (unpaired) electrons. The van der Waals surface area contributed by atoms with Gasteiger partial charge in [-0.3, -0.25) is 9.59 Å². The number of nitrogens with one attached hydrogen (secondary N) is 2. The highest BCUT2D eigenvalue weighted by Crippen LogP contribution is 1.86. The molecule has 0 spiro atoms. The minimum absolute atomic E-state index is 0.406. The lowest BCUT2D eigenvalue weighted by molar-refractivity contribution is -0.129. The smallest absolute Gasteiger partial charge is 0.242 e. The second-order valence-electron chi connectivity index (χ2n) is 3.45. The van der Waals surface area contributed by atoms with Crippen molar-refractivity contribution in [2.45, 2.75) is 38.9 Å². The second-order valence-corrected chi connectivity index (χ2v) is 3.45. The molecule has 4 N–H and O–H groups in total. The summed E-state index contributed by atoms with van der Waals surface area (Å²) < 4.78 is 0. The average molecular weight is 215 g/mol. The highest BCUT2D eigenvalue weighted by molar-refractivity contribution is 5.90. The molecule has 2 amide bonds. The molecule has 0 bridgehead atoms. The molecule has 0 fully saturated rings. The largest absolute Gasteiger partial charge is 0.345 e. The summed E-state index contributed by atoms with van der Waals surface area (Å²) in [6.45, 7) is 4.59. The van der Waals surface area contributed by atoms with E-state index < -0.39 is 29.9 Å². The fourth-order valence-electron chi connectivity index (χ4n) is 0.794. The third-order valence-corrected chi connectivity index (χ3v) is 1.74. The number of carbonyl (C=O) groups excluding carboxylic acids is 3. The first-order chi connectivity index (χ1) is 6.88. The van der Waals surface area contributed by atoms with E-state index >= 15 is 0 Å². The van der Waals surface area contributed by atoms with Crippen molar-refractivity contribution in [2.75, 3.05) is 0 Å². The van der Waals surface area contributed by atoms with E-state index in [4.69, 9.17) is 5.73 Å². The van der Waals surface area contributed by atoms with E-state index in [9.17, 15) is 14.4 Å². The summed E-state index contributed by atoms with van der Waals surface area (Å²) in [5.41, 5.74) is 5.31. The number of carbonyl (C=O) groups is 3. The van der Waals surface area contributed by atoms with Gasteiger partial charge in [-0.25, -0.2) is 0 Å². The molecule has 0 aliphatic heterocycles. The van der Waals surface area contributed by atoms with Gasteiger partial charge in [-0.1, -0.05) is 0 Å². The Kier molecular flexibility index (Phi) is 5.54. The van der Waals surface area contributed by atoms with E-state index in [1.165, 1.54) is 13.8 Å². The van der Waals surface area contributed by atoms with Crippen molar-refractivity contribution in [3.8, 4) is 0 Å². The molecule has 0 aromatic heterocycles. The fraction of sp³-hybridized carbons (Fsp3) is 0.667. The van der Waals surface area contributed by atoms with Crippen molar-refractivity contribution in [3.63, 3.8) is 0 Å². The van der Waals surface area contributed by atoms with Crippen LogP contribution in [-0.2, 0) is 14.4 Å². The zero-order chi connectivity index (χ0) is 12.0. The van der Waals surface area contributed by atoms with Gasteiger partial charge in [-0.15, -0.1) is 0 Å². The Bertz CT molecular complexity index is 253. The van der Waals surface area contributed by atoms with Crippen molar-refractivity contribution in [1.82, 2.24) is 10.6 Å². The minimum Gasteiger partial charge on any atom is -0.345 e. The summed E-state index contributed by atoms with van der Waals surface area (Å²) in [5.74, 6) is -0.819. The maximum absolute atomic E-state index is 11.3. The summed E-state index contributed by atoms with van der Waals surface area (Å²) in [4.78, 5) is 32.7. The van der Waals surface area contributed by atoms with E-state index in [2.05, 4.69) is 10.6 Å². The summed E-state index contributed by atoms with van der Waals surface area (Å²) in [5, 5.41) is 4.83. The molecule has 0 saturated carbocycles. The van der Waals surface area contributed by atoms with Crippen LogP contribution in [0.2, 0.25) is 0 Å². The van der Waals surface area contributed by atoms with Crippen LogP contribution in [0.1, 0.15) is 20.8 Å². The quantitative estimate of drug-likeness (QED) is 0.488. The number of nitrogens with two attached hydrogens (primary N) is 1. The van der Waals surface area contributed by atoms with Crippen LogP contribution in [-0.4, -0.2) is 36.2 Å². The van der Waals surface area contributed by atoms with Crippen LogP contribution in [0.15, 0.2) is 0 Å². The fourth-order valence-corrected chi connectivity index (χ4v) is 0.794. The van der Waals surface area contributed by atoms with Gasteiger partial charge in [0, 0.05) is 0 Å². The Balaban J connectivity index is 4.10. The molecule has 6 heteroatoms. The normalized spacial score (nSPS) is 16.0. The molecule has 0 rings (SSSR count). The first-order valence-corrected chi connectivity index (χ1v) is 4.70. The predicted octanol–water partition coefficient (Wildman–Crippen LogP) is -1.46. The van der Waals surface area contributed by atoms with Crippen molar-refractivity contribution >= 4 is 18.1 Å². The van der Waals surface area contributed by atoms with E-state index in [1.807, 2.05) is 0 Å². The first-order valence-electron chi connectivity index (χ1n) is 4.70. The SMILES string of the molecule is CC(C=O)NC(=O)C(C)NC(=O)C(C)N. The molecule has 86 valence electrons. The monoisotopic (exact) mass is 215 g/mol. The molecule has 6 nitrogen and oxygen atoms in total. The standard InChI is InChI=1S/C9H17N3O3/c1-5(4-13)11-9(15)7(3)12-8(14)6(2)10/h4-7H,10H2,1-3H3,(H,11,15)(H,12,14). The Hall–Kier alpha value is -1.43. The van der Waals surface area contributed by atoms with Gasteiger partial charge in [0.25, 0.3) is 0 Å². The van der Waals surface area contributed by atoms with E-state index in [-0.39, 0.29) is 0 Å². The van der Waals surface area contributed by atoms with E-state index in [0.29, 0.717) is 6.29 Å². The Morgan fingerprint density at radius 2 is 1.67 bits per heavy atom. The average Bonchev–Trinajstić information content (AvgIpc) is 2.16. The highest BCUT2D eigenvalue weighted by Gasteiger charge is 2.18. The minimum atomic E-state index is -0.703. The van der Waals surface area contributed by atoms with Crippen LogP contribution < -0.4 is 16.4 Å². The lowest BCUT2D eigenvalue weighted by atomic mass is 10.2. The van der Waals surface area contributed by atoms with Crippen molar-refractivity contribution in [1.29, 1.82) is 0 Å². The predicted molar refractivity (Wildman–Crippen MR) is 54.9 cm³/mol. The zero-order valence-corrected chi connectivity index (χ0v) is 9.11. The summed E-state index contributed by atoms with van der Waals surface area (Å²) in [7, 11) is 0. The van der Waals surface area contributed by atoms with E-state index in [0.717, 1.165) is 0 Å². The van der Waals surface area contributed by atoms with Gasteiger partial charge in [-0.2, -0.15) is 0 Å². The van der Waals surface area contributed by atoms with Crippen LogP contribution in [0.4, 0.5) is 0 Å². The van der Waals surface area contributed by atoms with Gasteiger partial charge >= 0.3 is 0 Å². The molecule has 0 saturated heterocycles. The molecule has 3 unspecified atom stereocenters. The molecule has 0 aromatic rings.